The molecule has 0 atom stereocenters. The van der Waals surface area contributed by atoms with Gasteiger partial charge in [-0.3, -0.25) is 9.59 Å². The van der Waals surface area contributed by atoms with Crippen LogP contribution in [-0.4, -0.2) is 49.4 Å². The second-order valence-electron chi connectivity index (χ2n) is 5.94. The molecule has 0 aliphatic carbocycles. The summed E-state index contributed by atoms with van der Waals surface area (Å²) in [6.45, 7) is 3.76. The lowest BCUT2D eigenvalue weighted by atomic mass is 10.2. The standard InChI is InChI=1S/C18H21N3O3/c22-17(19-13-16-7-4-12-24-16)14-20-8-10-21(11-9-20)18(23)15-5-2-1-3-6-15/h1-7,12H,8-11,13-14H2,(H,19,22)/p+1. The summed E-state index contributed by atoms with van der Waals surface area (Å²) in [6.07, 6.45) is 1.59. The van der Waals surface area contributed by atoms with Crippen molar-refractivity contribution in [1.82, 2.24) is 10.2 Å². The molecule has 1 aromatic heterocycles. The van der Waals surface area contributed by atoms with Gasteiger partial charge < -0.3 is 19.5 Å². The minimum absolute atomic E-state index is 0.00392. The molecule has 1 saturated heterocycles. The van der Waals surface area contributed by atoms with Crippen LogP contribution in [0.25, 0.3) is 0 Å². The van der Waals surface area contributed by atoms with Gasteiger partial charge in [-0.1, -0.05) is 18.2 Å². The maximum atomic E-state index is 12.4. The first kappa shape index (κ1) is 16.3. The third-order valence-electron chi connectivity index (χ3n) is 4.23. The molecule has 126 valence electrons. The fraction of sp³-hybridized carbons (Fsp3) is 0.333. The smallest absolute Gasteiger partial charge is 0.275 e. The molecular weight excluding hydrogens is 306 g/mol. The maximum absolute atomic E-state index is 12.4. The van der Waals surface area contributed by atoms with Crippen molar-refractivity contribution < 1.29 is 18.9 Å². The first-order chi connectivity index (χ1) is 11.7. The van der Waals surface area contributed by atoms with Crippen LogP contribution in [0.3, 0.4) is 0 Å². The fourth-order valence-electron chi connectivity index (χ4n) is 2.85. The van der Waals surface area contributed by atoms with Gasteiger partial charge in [-0.15, -0.1) is 0 Å². The third-order valence-corrected chi connectivity index (χ3v) is 4.23. The van der Waals surface area contributed by atoms with Crippen LogP contribution in [0.2, 0.25) is 0 Å². The van der Waals surface area contributed by atoms with Crippen molar-refractivity contribution in [2.45, 2.75) is 6.54 Å². The van der Waals surface area contributed by atoms with Crippen molar-refractivity contribution in [1.29, 1.82) is 0 Å². The number of quaternary nitrogens is 1. The van der Waals surface area contributed by atoms with Gasteiger partial charge >= 0.3 is 0 Å². The largest absolute Gasteiger partial charge is 0.467 e. The molecule has 1 fully saturated rings. The van der Waals surface area contributed by atoms with Gasteiger partial charge in [0.1, 0.15) is 5.76 Å². The van der Waals surface area contributed by atoms with Crippen LogP contribution in [0.5, 0.6) is 0 Å². The number of nitrogens with one attached hydrogen (secondary N) is 2. The van der Waals surface area contributed by atoms with Crippen LogP contribution in [-0.2, 0) is 11.3 Å². The SMILES string of the molecule is O=C(C[NH+]1CCN(C(=O)c2ccccc2)CC1)NCc1ccco1. The number of hydrogen-bond donors (Lipinski definition) is 2. The number of amides is 2. The summed E-state index contributed by atoms with van der Waals surface area (Å²) in [5, 5.41) is 2.86. The second kappa shape index (κ2) is 7.79. The Morgan fingerprint density at radius 2 is 1.83 bits per heavy atom. The van der Waals surface area contributed by atoms with Gasteiger partial charge in [-0.25, -0.2) is 0 Å². The maximum Gasteiger partial charge on any atom is 0.275 e. The van der Waals surface area contributed by atoms with E-state index in [4.69, 9.17) is 4.42 Å². The summed E-state index contributed by atoms with van der Waals surface area (Å²) in [5.41, 5.74) is 0.720. The third kappa shape index (κ3) is 4.23. The topological polar surface area (TPSA) is 67.0 Å². The van der Waals surface area contributed by atoms with Crippen LogP contribution >= 0.6 is 0 Å². The molecule has 2 N–H and O–H groups in total. The Hall–Kier alpha value is -2.60. The molecule has 0 bridgehead atoms. The van der Waals surface area contributed by atoms with E-state index < -0.39 is 0 Å². The Morgan fingerprint density at radius 3 is 2.50 bits per heavy atom. The summed E-state index contributed by atoms with van der Waals surface area (Å²) < 4.78 is 5.19. The molecule has 2 amide bonds. The van der Waals surface area contributed by atoms with E-state index >= 15 is 0 Å². The fourth-order valence-corrected chi connectivity index (χ4v) is 2.85. The van der Waals surface area contributed by atoms with Crippen LogP contribution in [0.4, 0.5) is 0 Å². The monoisotopic (exact) mass is 328 g/mol. The molecule has 2 heterocycles. The highest BCUT2D eigenvalue weighted by molar-refractivity contribution is 5.94. The Kier molecular flexibility index (Phi) is 5.28. The molecule has 2 aromatic rings. The van der Waals surface area contributed by atoms with Crippen molar-refractivity contribution in [3.05, 3.63) is 60.1 Å². The molecule has 3 rings (SSSR count). The zero-order valence-electron chi connectivity index (χ0n) is 13.5. The van der Waals surface area contributed by atoms with Crippen LogP contribution < -0.4 is 10.2 Å². The minimum atomic E-state index is 0.00392. The van der Waals surface area contributed by atoms with Gasteiger partial charge in [0.2, 0.25) is 0 Å². The lowest BCUT2D eigenvalue weighted by Crippen LogP contribution is -3.15. The molecule has 1 aromatic carbocycles. The van der Waals surface area contributed by atoms with E-state index in [9.17, 15) is 9.59 Å². The van der Waals surface area contributed by atoms with E-state index in [2.05, 4.69) is 5.32 Å². The Morgan fingerprint density at radius 1 is 1.08 bits per heavy atom. The molecule has 0 unspecified atom stereocenters. The van der Waals surface area contributed by atoms with Crippen molar-refractivity contribution in [3.63, 3.8) is 0 Å². The average molecular weight is 328 g/mol. The van der Waals surface area contributed by atoms with Crippen LogP contribution in [0.15, 0.2) is 53.1 Å². The van der Waals surface area contributed by atoms with Crippen molar-refractivity contribution >= 4 is 11.8 Å². The van der Waals surface area contributed by atoms with Crippen molar-refractivity contribution in [3.8, 4) is 0 Å². The average Bonchev–Trinajstić information content (AvgIpc) is 3.14. The van der Waals surface area contributed by atoms with E-state index in [1.807, 2.05) is 41.3 Å². The Balaban J connectivity index is 1.42. The first-order valence-electron chi connectivity index (χ1n) is 8.19. The minimum Gasteiger partial charge on any atom is -0.467 e. The molecule has 0 saturated carbocycles. The zero-order valence-corrected chi connectivity index (χ0v) is 13.5. The highest BCUT2D eigenvalue weighted by Crippen LogP contribution is 2.04. The molecule has 1 aliphatic rings. The molecule has 6 nitrogen and oxygen atoms in total. The molecule has 24 heavy (non-hydrogen) atoms. The number of hydrogen-bond acceptors (Lipinski definition) is 3. The van der Waals surface area contributed by atoms with Gasteiger partial charge in [0.25, 0.3) is 11.8 Å². The van der Waals surface area contributed by atoms with Gasteiger partial charge in [0, 0.05) is 5.56 Å². The van der Waals surface area contributed by atoms with Crippen molar-refractivity contribution in [2.24, 2.45) is 0 Å². The number of furan rings is 1. The van der Waals surface area contributed by atoms with E-state index in [1.54, 1.807) is 12.3 Å². The lowest BCUT2D eigenvalue weighted by Gasteiger charge is -2.31. The zero-order chi connectivity index (χ0) is 16.8. The number of piperazine rings is 1. The number of rotatable bonds is 5. The van der Waals surface area contributed by atoms with Crippen LogP contribution in [0, 0.1) is 0 Å². The number of carbonyl (C=O) groups excluding carboxylic acids is 2. The number of nitrogens with zero attached hydrogens (tertiary/aromatic N) is 1. The number of benzene rings is 1. The Bertz CT molecular complexity index is 662. The summed E-state index contributed by atoms with van der Waals surface area (Å²) in [4.78, 5) is 27.4. The summed E-state index contributed by atoms with van der Waals surface area (Å²) >= 11 is 0. The van der Waals surface area contributed by atoms with Gasteiger partial charge in [0.05, 0.1) is 39.0 Å². The van der Waals surface area contributed by atoms with E-state index in [0.29, 0.717) is 26.2 Å². The van der Waals surface area contributed by atoms with E-state index in [1.165, 1.54) is 4.90 Å². The Labute approximate surface area is 141 Å². The predicted octanol–water partition coefficient (Wildman–Crippen LogP) is -0.0633. The molecular formula is C18H22N3O3+. The highest BCUT2D eigenvalue weighted by Gasteiger charge is 2.25. The molecule has 6 heteroatoms. The first-order valence-corrected chi connectivity index (χ1v) is 8.19. The predicted molar refractivity (Wildman–Crippen MR) is 88.5 cm³/mol. The van der Waals surface area contributed by atoms with Crippen molar-refractivity contribution in [2.75, 3.05) is 32.7 Å². The van der Waals surface area contributed by atoms with Gasteiger partial charge in [-0.2, -0.15) is 0 Å². The quantitative estimate of drug-likeness (QED) is 0.808. The normalized spacial score (nSPS) is 15.2. The van der Waals surface area contributed by atoms with Gasteiger partial charge in [-0.05, 0) is 24.3 Å². The summed E-state index contributed by atoms with van der Waals surface area (Å²) in [5.74, 6) is 0.817. The molecule has 0 radical (unpaired) electrons. The van der Waals surface area contributed by atoms with Crippen LogP contribution in [0.1, 0.15) is 16.1 Å². The summed E-state index contributed by atoms with van der Waals surface area (Å²) in [7, 11) is 0. The highest BCUT2D eigenvalue weighted by atomic mass is 16.3. The van der Waals surface area contributed by atoms with E-state index in [-0.39, 0.29) is 11.8 Å². The lowest BCUT2D eigenvalue weighted by molar-refractivity contribution is -0.896. The summed E-state index contributed by atoms with van der Waals surface area (Å²) in [6, 6.07) is 13.0. The van der Waals surface area contributed by atoms with E-state index in [0.717, 1.165) is 24.4 Å². The molecule has 1 aliphatic heterocycles. The molecule has 0 spiro atoms. The van der Waals surface area contributed by atoms with Gasteiger partial charge in [0.15, 0.2) is 6.54 Å². The number of carbonyl (C=O) groups is 2. The second-order valence-corrected chi connectivity index (χ2v) is 5.94.